The lowest BCUT2D eigenvalue weighted by Crippen LogP contribution is -2.18. The Morgan fingerprint density at radius 3 is 3.18 bits per heavy atom. The molecule has 0 saturated carbocycles. The van der Waals surface area contributed by atoms with E-state index in [2.05, 4.69) is 9.69 Å². The van der Waals surface area contributed by atoms with Gasteiger partial charge >= 0.3 is 5.97 Å². The highest BCUT2D eigenvalue weighted by atomic mass is 32.1. The summed E-state index contributed by atoms with van der Waals surface area (Å²) in [5.74, 6) is -0.323. The van der Waals surface area contributed by atoms with Crippen LogP contribution in [-0.2, 0) is 9.47 Å². The van der Waals surface area contributed by atoms with Gasteiger partial charge < -0.3 is 14.8 Å². The minimum Gasteiger partial charge on any atom is -0.459 e. The van der Waals surface area contributed by atoms with Crippen molar-refractivity contribution in [3.8, 4) is 0 Å². The molecule has 0 aliphatic carbocycles. The molecule has 1 unspecified atom stereocenters. The van der Waals surface area contributed by atoms with Crippen LogP contribution in [0.4, 0.5) is 5.00 Å². The number of nitrogens with one attached hydrogen (secondary N) is 1. The third-order valence-electron chi connectivity index (χ3n) is 2.72. The Balaban J connectivity index is 1.96. The molecule has 17 heavy (non-hydrogen) atoms. The van der Waals surface area contributed by atoms with Crippen LogP contribution in [0.3, 0.4) is 0 Å². The number of carbonyl (C=O) groups excluding carboxylic acids is 1. The fraction of sp³-hybridized carbons (Fsp3) is 0.636. The highest BCUT2D eigenvalue weighted by Crippen LogP contribution is 2.25. The predicted molar refractivity (Wildman–Crippen MR) is 65.7 cm³/mol. The minimum absolute atomic E-state index is 0.0592. The topological polar surface area (TPSA) is 60.5 Å². The summed E-state index contributed by atoms with van der Waals surface area (Å²) in [7, 11) is 1.77. The molecule has 6 heteroatoms. The van der Waals surface area contributed by atoms with Crippen LogP contribution in [0.1, 0.15) is 28.9 Å². The quantitative estimate of drug-likeness (QED) is 0.833. The fourth-order valence-corrected chi connectivity index (χ4v) is 2.53. The van der Waals surface area contributed by atoms with Crippen molar-refractivity contribution < 1.29 is 14.3 Å². The molecule has 1 saturated heterocycles. The van der Waals surface area contributed by atoms with Crippen molar-refractivity contribution >= 4 is 22.5 Å². The second-order valence-electron chi connectivity index (χ2n) is 3.96. The molecule has 1 N–H and O–H groups in total. The van der Waals surface area contributed by atoms with Crippen molar-refractivity contribution in [2.24, 2.45) is 0 Å². The van der Waals surface area contributed by atoms with E-state index in [1.165, 1.54) is 11.5 Å². The van der Waals surface area contributed by atoms with Gasteiger partial charge in [0.1, 0.15) is 17.2 Å². The van der Waals surface area contributed by atoms with E-state index in [0.29, 0.717) is 17.9 Å². The first-order valence-corrected chi connectivity index (χ1v) is 6.42. The maximum atomic E-state index is 11.9. The van der Waals surface area contributed by atoms with Gasteiger partial charge in [-0.3, -0.25) is 0 Å². The molecule has 2 rings (SSSR count). The van der Waals surface area contributed by atoms with Gasteiger partial charge in [-0.2, -0.15) is 4.37 Å². The maximum Gasteiger partial charge on any atom is 0.343 e. The van der Waals surface area contributed by atoms with Gasteiger partial charge in [0, 0.05) is 13.7 Å². The number of carbonyl (C=O) groups is 1. The summed E-state index contributed by atoms with van der Waals surface area (Å²) in [6.07, 6.45) is 2.07. The van der Waals surface area contributed by atoms with Crippen LogP contribution in [0.5, 0.6) is 0 Å². The van der Waals surface area contributed by atoms with E-state index < -0.39 is 0 Å². The van der Waals surface area contributed by atoms with Crippen LogP contribution >= 0.6 is 11.5 Å². The number of aryl methyl sites for hydroxylation is 1. The lowest BCUT2D eigenvalue weighted by atomic mass is 10.2. The molecule has 1 aliphatic heterocycles. The van der Waals surface area contributed by atoms with Crippen LogP contribution in [-0.4, -0.2) is 36.7 Å². The normalized spacial score (nSPS) is 19.3. The summed E-state index contributed by atoms with van der Waals surface area (Å²) in [6, 6.07) is 0. The molecule has 1 aromatic rings. The molecule has 1 aromatic heterocycles. The van der Waals surface area contributed by atoms with Gasteiger partial charge in [0.25, 0.3) is 0 Å². The molecule has 0 radical (unpaired) electrons. The zero-order valence-corrected chi connectivity index (χ0v) is 10.8. The SMILES string of the molecule is CNc1snc(C)c1C(=O)OCC1CCCO1. The summed E-state index contributed by atoms with van der Waals surface area (Å²) in [4.78, 5) is 11.9. The molecule has 1 aliphatic rings. The lowest BCUT2D eigenvalue weighted by Gasteiger charge is -2.10. The second kappa shape index (κ2) is 5.46. The van der Waals surface area contributed by atoms with Gasteiger partial charge in [0.15, 0.2) is 0 Å². The summed E-state index contributed by atoms with van der Waals surface area (Å²) in [5.41, 5.74) is 1.24. The zero-order valence-electron chi connectivity index (χ0n) is 9.99. The maximum absolute atomic E-state index is 11.9. The minimum atomic E-state index is -0.323. The van der Waals surface area contributed by atoms with E-state index in [4.69, 9.17) is 9.47 Å². The highest BCUT2D eigenvalue weighted by Gasteiger charge is 2.22. The molecule has 1 atom stereocenters. The van der Waals surface area contributed by atoms with Crippen LogP contribution in [0, 0.1) is 6.92 Å². The molecular formula is C11H16N2O3S. The number of hydrogen-bond acceptors (Lipinski definition) is 6. The first-order chi connectivity index (χ1) is 8.22. The van der Waals surface area contributed by atoms with Gasteiger partial charge in [-0.05, 0) is 31.3 Å². The molecule has 1 fully saturated rings. The first kappa shape index (κ1) is 12.3. The average molecular weight is 256 g/mol. The average Bonchev–Trinajstić information content (AvgIpc) is 2.94. The molecular weight excluding hydrogens is 240 g/mol. The van der Waals surface area contributed by atoms with Crippen molar-refractivity contribution in [3.05, 3.63) is 11.3 Å². The summed E-state index contributed by atoms with van der Waals surface area (Å²) < 4.78 is 14.8. The Labute approximate surface area is 104 Å². The van der Waals surface area contributed by atoms with Gasteiger partial charge in [0.2, 0.25) is 0 Å². The van der Waals surface area contributed by atoms with E-state index in [-0.39, 0.29) is 12.1 Å². The number of aromatic nitrogens is 1. The largest absolute Gasteiger partial charge is 0.459 e. The van der Waals surface area contributed by atoms with E-state index in [0.717, 1.165) is 24.4 Å². The van der Waals surface area contributed by atoms with Crippen molar-refractivity contribution in [1.29, 1.82) is 0 Å². The van der Waals surface area contributed by atoms with E-state index in [1.807, 2.05) is 0 Å². The molecule has 0 spiro atoms. The van der Waals surface area contributed by atoms with Crippen molar-refractivity contribution in [2.45, 2.75) is 25.9 Å². The Kier molecular flexibility index (Phi) is 3.96. The predicted octanol–water partition coefficient (Wildman–Crippen LogP) is 1.83. The number of nitrogens with zero attached hydrogens (tertiary/aromatic N) is 1. The van der Waals surface area contributed by atoms with Crippen molar-refractivity contribution in [1.82, 2.24) is 4.37 Å². The number of anilines is 1. The summed E-state index contributed by atoms with van der Waals surface area (Å²) >= 11 is 1.27. The Morgan fingerprint density at radius 2 is 2.53 bits per heavy atom. The number of esters is 1. The van der Waals surface area contributed by atoms with Gasteiger partial charge in [-0.25, -0.2) is 4.79 Å². The molecule has 0 aromatic carbocycles. The monoisotopic (exact) mass is 256 g/mol. The van der Waals surface area contributed by atoms with Crippen LogP contribution in [0.25, 0.3) is 0 Å². The van der Waals surface area contributed by atoms with Crippen LogP contribution < -0.4 is 5.32 Å². The van der Waals surface area contributed by atoms with Crippen molar-refractivity contribution in [2.75, 3.05) is 25.6 Å². The Bertz CT molecular complexity index is 399. The molecule has 94 valence electrons. The van der Waals surface area contributed by atoms with E-state index in [1.54, 1.807) is 14.0 Å². The second-order valence-corrected chi connectivity index (χ2v) is 4.73. The van der Waals surface area contributed by atoms with Crippen molar-refractivity contribution in [3.63, 3.8) is 0 Å². The number of ether oxygens (including phenoxy) is 2. The van der Waals surface area contributed by atoms with E-state index in [9.17, 15) is 4.79 Å². The van der Waals surface area contributed by atoms with Crippen LogP contribution in [0.2, 0.25) is 0 Å². The van der Waals surface area contributed by atoms with Gasteiger partial charge in [-0.1, -0.05) is 0 Å². The smallest absolute Gasteiger partial charge is 0.343 e. The van der Waals surface area contributed by atoms with E-state index >= 15 is 0 Å². The third kappa shape index (κ3) is 2.76. The Hall–Kier alpha value is -1.14. The summed E-state index contributed by atoms with van der Waals surface area (Å²) in [6.45, 7) is 2.90. The Morgan fingerprint density at radius 1 is 1.71 bits per heavy atom. The standard InChI is InChI=1S/C11H16N2O3S/c1-7-9(10(12-2)17-13-7)11(14)16-6-8-4-3-5-15-8/h8,12H,3-6H2,1-2H3. The van der Waals surface area contributed by atoms with Gasteiger partial charge in [0.05, 0.1) is 11.8 Å². The zero-order chi connectivity index (χ0) is 12.3. The summed E-state index contributed by atoms with van der Waals surface area (Å²) in [5, 5.41) is 3.70. The highest BCUT2D eigenvalue weighted by molar-refractivity contribution is 7.10. The lowest BCUT2D eigenvalue weighted by molar-refractivity contribution is 0.0161. The third-order valence-corrected chi connectivity index (χ3v) is 3.67. The molecule has 0 bridgehead atoms. The first-order valence-electron chi connectivity index (χ1n) is 5.65. The molecule has 0 amide bonds. The molecule has 2 heterocycles. The number of rotatable bonds is 4. The fourth-order valence-electron chi connectivity index (χ4n) is 1.80. The van der Waals surface area contributed by atoms with Gasteiger partial charge in [-0.15, -0.1) is 0 Å². The van der Waals surface area contributed by atoms with Crippen LogP contribution in [0.15, 0.2) is 0 Å². The molecule has 5 nitrogen and oxygen atoms in total. The number of hydrogen-bond donors (Lipinski definition) is 1.